The number of hydrogen-bond acceptors (Lipinski definition) is 4. The van der Waals surface area contributed by atoms with Crippen molar-refractivity contribution in [2.75, 3.05) is 47.3 Å². The van der Waals surface area contributed by atoms with E-state index in [1.165, 1.54) is 51.7 Å². The minimum atomic E-state index is 0.263. The van der Waals surface area contributed by atoms with E-state index in [0.717, 1.165) is 24.5 Å². The molecule has 0 aromatic heterocycles. The van der Waals surface area contributed by atoms with Crippen molar-refractivity contribution >= 4 is 0 Å². The molecule has 3 atom stereocenters. The van der Waals surface area contributed by atoms with E-state index < -0.39 is 0 Å². The summed E-state index contributed by atoms with van der Waals surface area (Å²) in [5.41, 5.74) is 6.53. The molecular formula is C16H32N4. The lowest BCUT2D eigenvalue weighted by Gasteiger charge is -2.50. The number of fused-ring (bicyclic) bond motifs is 2. The molecule has 0 aromatic carbocycles. The van der Waals surface area contributed by atoms with Crippen LogP contribution < -0.4 is 5.73 Å². The van der Waals surface area contributed by atoms with Gasteiger partial charge in [-0.15, -0.1) is 0 Å². The lowest BCUT2D eigenvalue weighted by Crippen LogP contribution is -2.61. The standard InChI is InChI=1S/C16H32N4/c1-18-7-6-13(10-18)11-19(2)16(12-17)8-14-4-5-15(9-16)20(14)3/h13-15H,4-12,17H2,1-3H3. The zero-order chi connectivity index (χ0) is 14.3. The maximum absolute atomic E-state index is 6.27. The zero-order valence-electron chi connectivity index (χ0n) is 13.5. The van der Waals surface area contributed by atoms with E-state index in [0.29, 0.717) is 0 Å². The van der Waals surface area contributed by atoms with E-state index in [4.69, 9.17) is 5.73 Å². The molecule has 3 aliphatic rings. The summed E-state index contributed by atoms with van der Waals surface area (Å²) >= 11 is 0. The van der Waals surface area contributed by atoms with Gasteiger partial charge in [0.1, 0.15) is 0 Å². The van der Waals surface area contributed by atoms with Gasteiger partial charge in [-0.25, -0.2) is 0 Å². The highest BCUT2D eigenvalue weighted by molar-refractivity contribution is 5.06. The van der Waals surface area contributed by atoms with Crippen LogP contribution in [0.15, 0.2) is 0 Å². The Morgan fingerprint density at radius 3 is 2.30 bits per heavy atom. The molecule has 2 N–H and O–H groups in total. The lowest BCUT2D eigenvalue weighted by molar-refractivity contribution is 0.00905. The summed E-state index contributed by atoms with van der Waals surface area (Å²) < 4.78 is 0. The largest absolute Gasteiger partial charge is 0.329 e. The normalized spacial score (nSPS) is 42.8. The number of piperidine rings is 1. The van der Waals surface area contributed by atoms with Crippen molar-refractivity contribution in [3.05, 3.63) is 0 Å². The second-order valence-corrected chi connectivity index (χ2v) is 7.68. The Morgan fingerprint density at radius 2 is 1.80 bits per heavy atom. The molecule has 3 saturated heterocycles. The fraction of sp³-hybridized carbons (Fsp3) is 1.00. The molecule has 0 aliphatic carbocycles. The third-order valence-corrected chi connectivity index (χ3v) is 6.43. The van der Waals surface area contributed by atoms with Crippen LogP contribution in [0.1, 0.15) is 32.1 Å². The Kier molecular flexibility index (Phi) is 4.10. The quantitative estimate of drug-likeness (QED) is 0.827. The van der Waals surface area contributed by atoms with Crippen molar-refractivity contribution in [3.8, 4) is 0 Å². The van der Waals surface area contributed by atoms with Crippen LogP contribution in [0, 0.1) is 5.92 Å². The Morgan fingerprint density at radius 1 is 1.15 bits per heavy atom. The van der Waals surface area contributed by atoms with Gasteiger partial charge >= 0.3 is 0 Å². The van der Waals surface area contributed by atoms with Crippen LogP contribution in [0.5, 0.6) is 0 Å². The van der Waals surface area contributed by atoms with Gasteiger partial charge in [0.2, 0.25) is 0 Å². The molecule has 0 spiro atoms. The van der Waals surface area contributed by atoms with E-state index in [1.54, 1.807) is 0 Å². The zero-order valence-corrected chi connectivity index (χ0v) is 13.5. The van der Waals surface area contributed by atoms with Crippen LogP contribution >= 0.6 is 0 Å². The second kappa shape index (κ2) is 5.56. The summed E-state index contributed by atoms with van der Waals surface area (Å²) in [5.74, 6) is 0.839. The predicted octanol–water partition coefficient (Wildman–Crippen LogP) is 0.824. The van der Waals surface area contributed by atoms with Crippen molar-refractivity contribution in [2.45, 2.75) is 49.7 Å². The summed E-state index contributed by atoms with van der Waals surface area (Å²) in [7, 11) is 6.89. The molecule has 2 bridgehead atoms. The van der Waals surface area contributed by atoms with Crippen molar-refractivity contribution in [1.82, 2.24) is 14.7 Å². The van der Waals surface area contributed by atoms with Crippen LogP contribution in [-0.4, -0.2) is 79.6 Å². The monoisotopic (exact) mass is 280 g/mol. The fourth-order valence-electron chi connectivity index (χ4n) is 4.93. The van der Waals surface area contributed by atoms with Gasteiger partial charge in [-0.2, -0.15) is 0 Å². The molecule has 3 unspecified atom stereocenters. The maximum atomic E-state index is 6.27. The number of likely N-dealkylation sites (tertiary alicyclic amines) is 1. The smallest absolute Gasteiger partial charge is 0.0358 e. The summed E-state index contributed by atoms with van der Waals surface area (Å²) in [5, 5.41) is 0. The molecule has 116 valence electrons. The first-order valence-corrected chi connectivity index (χ1v) is 8.36. The van der Waals surface area contributed by atoms with Gasteiger partial charge in [0.25, 0.3) is 0 Å². The second-order valence-electron chi connectivity index (χ2n) is 7.68. The average molecular weight is 280 g/mol. The van der Waals surface area contributed by atoms with E-state index in [9.17, 15) is 0 Å². The summed E-state index contributed by atoms with van der Waals surface area (Å²) in [6.45, 7) is 4.58. The molecular weight excluding hydrogens is 248 g/mol. The van der Waals surface area contributed by atoms with Gasteiger partial charge in [-0.05, 0) is 65.7 Å². The average Bonchev–Trinajstić information content (AvgIpc) is 2.90. The Labute approximate surface area is 124 Å². The van der Waals surface area contributed by atoms with Crippen molar-refractivity contribution < 1.29 is 0 Å². The molecule has 3 rings (SSSR count). The minimum absolute atomic E-state index is 0.263. The SMILES string of the molecule is CN1CCC(CN(C)C2(CN)CC3CCC(C2)N3C)C1. The van der Waals surface area contributed by atoms with Crippen LogP contribution in [0.4, 0.5) is 0 Å². The van der Waals surface area contributed by atoms with Crippen LogP contribution in [0.2, 0.25) is 0 Å². The Hall–Kier alpha value is -0.160. The first-order valence-electron chi connectivity index (χ1n) is 8.36. The number of hydrogen-bond donors (Lipinski definition) is 1. The molecule has 0 radical (unpaired) electrons. The molecule has 3 fully saturated rings. The van der Waals surface area contributed by atoms with Crippen LogP contribution in [0.3, 0.4) is 0 Å². The van der Waals surface area contributed by atoms with Gasteiger partial charge in [-0.3, -0.25) is 4.90 Å². The van der Waals surface area contributed by atoms with Crippen LogP contribution in [0.25, 0.3) is 0 Å². The third kappa shape index (κ3) is 2.52. The highest BCUT2D eigenvalue weighted by atomic mass is 15.3. The first-order chi connectivity index (χ1) is 9.54. The lowest BCUT2D eigenvalue weighted by atomic mass is 9.81. The molecule has 0 aromatic rings. The maximum Gasteiger partial charge on any atom is 0.0358 e. The first kappa shape index (κ1) is 14.8. The molecule has 4 nitrogen and oxygen atoms in total. The number of nitrogens with two attached hydrogens (primary N) is 1. The van der Waals surface area contributed by atoms with Crippen molar-refractivity contribution in [2.24, 2.45) is 11.7 Å². The number of rotatable bonds is 4. The van der Waals surface area contributed by atoms with E-state index >= 15 is 0 Å². The van der Waals surface area contributed by atoms with Crippen molar-refractivity contribution in [3.63, 3.8) is 0 Å². The molecule has 3 heterocycles. The highest BCUT2D eigenvalue weighted by Crippen LogP contribution is 2.42. The molecule has 4 heteroatoms. The fourth-order valence-corrected chi connectivity index (χ4v) is 4.93. The number of likely N-dealkylation sites (N-methyl/N-ethyl adjacent to an activating group) is 1. The Balaban J connectivity index is 1.66. The number of nitrogens with zero attached hydrogens (tertiary/aromatic N) is 3. The predicted molar refractivity (Wildman–Crippen MR) is 83.8 cm³/mol. The van der Waals surface area contributed by atoms with Crippen LogP contribution in [-0.2, 0) is 0 Å². The van der Waals surface area contributed by atoms with E-state index in [2.05, 4.69) is 35.8 Å². The topological polar surface area (TPSA) is 35.7 Å². The van der Waals surface area contributed by atoms with E-state index in [1.807, 2.05) is 0 Å². The highest BCUT2D eigenvalue weighted by Gasteiger charge is 2.48. The summed E-state index contributed by atoms with van der Waals surface area (Å²) in [6, 6.07) is 1.54. The van der Waals surface area contributed by atoms with Gasteiger partial charge in [0.15, 0.2) is 0 Å². The van der Waals surface area contributed by atoms with Gasteiger partial charge < -0.3 is 15.5 Å². The minimum Gasteiger partial charge on any atom is -0.329 e. The summed E-state index contributed by atoms with van der Waals surface area (Å²) in [4.78, 5) is 7.71. The molecule has 0 amide bonds. The van der Waals surface area contributed by atoms with Gasteiger partial charge in [0, 0.05) is 37.3 Å². The Bertz CT molecular complexity index is 331. The molecule has 0 saturated carbocycles. The summed E-state index contributed by atoms with van der Waals surface area (Å²) in [6.07, 6.45) is 6.66. The van der Waals surface area contributed by atoms with E-state index in [-0.39, 0.29) is 5.54 Å². The molecule has 3 aliphatic heterocycles. The van der Waals surface area contributed by atoms with Gasteiger partial charge in [-0.1, -0.05) is 0 Å². The van der Waals surface area contributed by atoms with Gasteiger partial charge in [0.05, 0.1) is 0 Å². The van der Waals surface area contributed by atoms with Crippen molar-refractivity contribution in [1.29, 1.82) is 0 Å². The molecule has 20 heavy (non-hydrogen) atoms. The third-order valence-electron chi connectivity index (χ3n) is 6.43.